The van der Waals surface area contributed by atoms with E-state index in [4.69, 9.17) is 0 Å². The van der Waals surface area contributed by atoms with E-state index in [1.807, 2.05) is 0 Å². The number of rotatable bonds is 1. The molecule has 0 spiro atoms. The lowest BCUT2D eigenvalue weighted by atomic mass is 9.85. The zero-order chi connectivity index (χ0) is 9.90. The molecule has 0 aromatic carbocycles. The maximum Gasteiger partial charge on any atom is 0.217 e. The van der Waals surface area contributed by atoms with Crippen LogP contribution in [0.4, 0.5) is 0 Å². The summed E-state index contributed by atoms with van der Waals surface area (Å²) in [5.41, 5.74) is 0.479. The fourth-order valence-corrected chi connectivity index (χ4v) is 2.09. The summed E-state index contributed by atoms with van der Waals surface area (Å²) in [6.07, 6.45) is 6.08. The molecule has 1 fully saturated rings. The standard InChI is InChI=1S/C11H21NO/c1-9(13)12-10-5-4-7-11(2,3)8-6-10/h10H,4-8H2,1-3H3,(H,12,13). The summed E-state index contributed by atoms with van der Waals surface area (Å²) in [5, 5.41) is 3.02. The van der Waals surface area contributed by atoms with Gasteiger partial charge in [0.25, 0.3) is 0 Å². The number of nitrogens with one attached hydrogen (secondary N) is 1. The molecular weight excluding hydrogens is 162 g/mol. The van der Waals surface area contributed by atoms with Gasteiger partial charge < -0.3 is 5.32 Å². The summed E-state index contributed by atoms with van der Waals surface area (Å²) < 4.78 is 0. The molecule has 0 aliphatic heterocycles. The van der Waals surface area contributed by atoms with Crippen molar-refractivity contribution < 1.29 is 4.79 Å². The molecule has 76 valence electrons. The zero-order valence-corrected chi connectivity index (χ0v) is 9.02. The van der Waals surface area contributed by atoms with Crippen LogP contribution in [0.15, 0.2) is 0 Å². The Kier molecular flexibility index (Phi) is 3.34. The molecule has 1 unspecified atom stereocenters. The van der Waals surface area contributed by atoms with Gasteiger partial charge in [-0.2, -0.15) is 0 Å². The Morgan fingerprint density at radius 2 is 2.00 bits per heavy atom. The molecule has 0 saturated heterocycles. The first-order valence-corrected chi connectivity index (χ1v) is 5.27. The highest BCUT2D eigenvalue weighted by atomic mass is 16.1. The molecule has 1 saturated carbocycles. The number of carbonyl (C=O) groups excluding carboxylic acids is 1. The minimum Gasteiger partial charge on any atom is -0.354 e. The number of amides is 1. The van der Waals surface area contributed by atoms with Gasteiger partial charge in [-0.15, -0.1) is 0 Å². The van der Waals surface area contributed by atoms with Gasteiger partial charge in [-0.1, -0.05) is 20.3 Å². The summed E-state index contributed by atoms with van der Waals surface area (Å²) in [4.78, 5) is 10.9. The first-order valence-electron chi connectivity index (χ1n) is 5.27. The predicted octanol–water partition coefficient (Wildman–Crippen LogP) is 2.48. The van der Waals surface area contributed by atoms with Crippen LogP contribution < -0.4 is 5.32 Å². The van der Waals surface area contributed by atoms with Crippen LogP contribution in [0.3, 0.4) is 0 Å². The lowest BCUT2D eigenvalue weighted by Crippen LogP contribution is -2.32. The number of hydrogen-bond donors (Lipinski definition) is 1. The van der Waals surface area contributed by atoms with Crippen LogP contribution >= 0.6 is 0 Å². The van der Waals surface area contributed by atoms with Crippen LogP contribution in [0.25, 0.3) is 0 Å². The number of hydrogen-bond acceptors (Lipinski definition) is 1. The van der Waals surface area contributed by atoms with Gasteiger partial charge in [0.05, 0.1) is 0 Å². The predicted molar refractivity (Wildman–Crippen MR) is 54.5 cm³/mol. The molecule has 0 aromatic heterocycles. The highest BCUT2D eigenvalue weighted by Crippen LogP contribution is 2.33. The Morgan fingerprint density at radius 1 is 1.31 bits per heavy atom. The third kappa shape index (κ3) is 3.79. The summed E-state index contributed by atoms with van der Waals surface area (Å²) in [6, 6.07) is 0.430. The second-order valence-electron chi connectivity index (χ2n) is 4.99. The van der Waals surface area contributed by atoms with E-state index < -0.39 is 0 Å². The van der Waals surface area contributed by atoms with Crippen LogP contribution in [0.5, 0.6) is 0 Å². The molecule has 0 bridgehead atoms. The van der Waals surface area contributed by atoms with E-state index in [0.29, 0.717) is 11.5 Å². The first kappa shape index (κ1) is 10.6. The molecule has 1 amide bonds. The van der Waals surface area contributed by atoms with Crippen molar-refractivity contribution in [2.45, 2.75) is 58.9 Å². The first-order chi connectivity index (χ1) is 5.99. The van der Waals surface area contributed by atoms with E-state index in [2.05, 4.69) is 19.2 Å². The Bertz CT molecular complexity index is 187. The minimum absolute atomic E-state index is 0.115. The second kappa shape index (κ2) is 4.12. The van der Waals surface area contributed by atoms with Gasteiger partial charge in [0.15, 0.2) is 0 Å². The maximum absolute atomic E-state index is 10.9. The van der Waals surface area contributed by atoms with E-state index in [-0.39, 0.29) is 5.91 Å². The number of carbonyl (C=O) groups is 1. The van der Waals surface area contributed by atoms with Crippen LogP contribution in [0.2, 0.25) is 0 Å². The Balaban J connectivity index is 2.40. The fourth-order valence-electron chi connectivity index (χ4n) is 2.09. The Labute approximate surface area is 81.1 Å². The molecule has 1 aliphatic rings. The smallest absolute Gasteiger partial charge is 0.217 e. The quantitative estimate of drug-likeness (QED) is 0.622. The summed E-state index contributed by atoms with van der Waals surface area (Å²) in [7, 11) is 0. The molecule has 0 radical (unpaired) electrons. The van der Waals surface area contributed by atoms with Crippen molar-refractivity contribution in [1.29, 1.82) is 0 Å². The van der Waals surface area contributed by atoms with Crippen LogP contribution in [-0.2, 0) is 4.79 Å². The third-order valence-electron chi connectivity index (χ3n) is 2.98. The van der Waals surface area contributed by atoms with Crippen LogP contribution in [0, 0.1) is 5.41 Å². The van der Waals surface area contributed by atoms with Gasteiger partial charge >= 0.3 is 0 Å². The Hall–Kier alpha value is -0.530. The minimum atomic E-state index is 0.115. The molecule has 1 atom stereocenters. The maximum atomic E-state index is 10.9. The largest absolute Gasteiger partial charge is 0.354 e. The van der Waals surface area contributed by atoms with Crippen molar-refractivity contribution in [3.05, 3.63) is 0 Å². The van der Waals surface area contributed by atoms with Gasteiger partial charge in [0, 0.05) is 13.0 Å². The average molecular weight is 183 g/mol. The van der Waals surface area contributed by atoms with E-state index in [1.54, 1.807) is 6.92 Å². The molecule has 1 aliphatic carbocycles. The average Bonchev–Trinajstić information content (AvgIpc) is 2.12. The van der Waals surface area contributed by atoms with Gasteiger partial charge in [-0.05, 0) is 31.1 Å². The molecule has 13 heavy (non-hydrogen) atoms. The topological polar surface area (TPSA) is 29.1 Å². The van der Waals surface area contributed by atoms with E-state index in [9.17, 15) is 4.79 Å². The zero-order valence-electron chi connectivity index (χ0n) is 9.02. The van der Waals surface area contributed by atoms with E-state index >= 15 is 0 Å². The van der Waals surface area contributed by atoms with Gasteiger partial charge in [0.1, 0.15) is 0 Å². The lowest BCUT2D eigenvalue weighted by molar-refractivity contribution is -0.119. The van der Waals surface area contributed by atoms with Crippen LogP contribution in [-0.4, -0.2) is 11.9 Å². The lowest BCUT2D eigenvalue weighted by Gasteiger charge is -2.21. The molecule has 1 N–H and O–H groups in total. The third-order valence-corrected chi connectivity index (χ3v) is 2.98. The highest BCUT2D eigenvalue weighted by Gasteiger charge is 2.24. The molecule has 2 nitrogen and oxygen atoms in total. The van der Waals surface area contributed by atoms with Gasteiger partial charge in [0.2, 0.25) is 5.91 Å². The van der Waals surface area contributed by atoms with Crippen molar-refractivity contribution in [3.63, 3.8) is 0 Å². The van der Waals surface area contributed by atoms with E-state index in [0.717, 1.165) is 12.8 Å². The van der Waals surface area contributed by atoms with Crippen molar-refractivity contribution in [2.75, 3.05) is 0 Å². The second-order valence-corrected chi connectivity index (χ2v) is 4.99. The van der Waals surface area contributed by atoms with Crippen molar-refractivity contribution in [3.8, 4) is 0 Å². The summed E-state index contributed by atoms with van der Waals surface area (Å²) in [5.74, 6) is 0.115. The molecule has 2 heteroatoms. The normalized spacial score (nSPS) is 27.8. The molecular formula is C11H21NO. The van der Waals surface area contributed by atoms with Gasteiger partial charge in [-0.25, -0.2) is 0 Å². The van der Waals surface area contributed by atoms with Gasteiger partial charge in [-0.3, -0.25) is 4.79 Å². The molecule has 0 aromatic rings. The van der Waals surface area contributed by atoms with Crippen molar-refractivity contribution >= 4 is 5.91 Å². The van der Waals surface area contributed by atoms with Crippen molar-refractivity contribution in [2.24, 2.45) is 5.41 Å². The van der Waals surface area contributed by atoms with E-state index in [1.165, 1.54) is 19.3 Å². The Morgan fingerprint density at radius 3 is 2.62 bits per heavy atom. The van der Waals surface area contributed by atoms with Crippen LogP contribution in [0.1, 0.15) is 52.9 Å². The SMILES string of the molecule is CC(=O)NC1CCCC(C)(C)CC1. The molecule has 1 rings (SSSR count). The summed E-state index contributed by atoms with van der Waals surface area (Å²) >= 11 is 0. The fraction of sp³-hybridized carbons (Fsp3) is 0.909. The molecule has 0 heterocycles. The monoisotopic (exact) mass is 183 g/mol. The summed E-state index contributed by atoms with van der Waals surface area (Å²) in [6.45, 7) is 6.25. The highest BCUT2D eigenvalue weighted by molar-refractivity contribution is 5.73. The van der Waals surface area contributed by atoms with Crippen molar-refractivity contribution in [1.82, 2.24) is 5.32 Å².